The van der Waals surface area contributed by atoms with Crippen LogP contribution in [0.4, 0.5) is 24.8 Å². The minimum atomic E-state index is -4.68. The zero-order valence-corrected chi connectivity index (χ0v) is 16.1. The maximum Gasteiger partial charge on any atom is 0.433 e. The summed E-state index contributed by atoms with van der Waals surface area (Å²) in [5, 5.41) is 18.0. The Balaban J connectivity index is 1.68. The molecule has 4 aromatic heterocycles. The summed E-state index contributed by atoms with van der Waals surface area (Å²) < 4.78 is 41.3. The third kappa shape index (κ3) is 3.86. The number of aromatic nitrogens is 7. The number of rotatable bonds is 4. The summed E-state index contributed by atoms with van der Waals surface area (Å²) in [5.41, 5.74) is -1.62. The molecule has 160 valence electrons. The van der Waals surface area contributed by atoms with Gasteiger partial charge in [0.2, 0.25) is 5.91 Å². The molecule has 14 heteroatoms. The quantitative estimate of drug-likeness (QED) is 0.505. The molecule has 0 unspecified atom stereocenters. The Morgan fingerprint density at radius 3 is 2.65 bits per heavy atom. The lowest BCUT2D eigenvalue weighted by Crippen LogP contribution is -2.32. The van der Waals surface area contributed by atoms with Gasteiger partial charge in [-0.3, -0.25) is 9.59 Å². The van der Waals surface area contributed by atoms with E-state index in [0.717, 1.165) is 10.7 Å². The summed E-state index contributed by atoms with van der Waals surface area (Å²) in [6, 6.07) is 4.83. The first-order chi connectivity index (χ1) is 14.6. The van der Waals surface area contributed by atoms with Crippen LogP contribution in [-0.4, -0.2) is 54.6 Å². The molecule has 0 aliphatic carbocycles. The molecule has 0 atom stereocenters. The summed E-state index contributed by atoms with van der Waals surface area (Å²) in [5.74, 6) is -0.411. The van der Waals surface area contributed by atoms with E-state index < -0.39 is 29.9 Å². The van der Waals surface area contributed by atoms with Gasteiger partial charge in [0.1, 0.15) is 24.1 Å². The highest BCUT2D eigenvalue weighted by molar-refractivity contribution is 5.91. The Bertz CT molecular complexity index is 1360. The fourth-order valence-electron chi connectivity index (χ4n) is 2.83. The van der Waals surface area contributed by atoms with E-state index in [1.54, 1.807) is 6.07 Å². The van der Waals surface area contributed by atoms with Crippen molar-refractivity contribution in [3.05, 3.63) is 46.6 Å². The number of nitrogens with zero attached hydrogens (tertiary/aromatic N) is 8. The molecule has 0 bridgehead atoms. The fourth-order valence-corrected chi connectivity index (χ4v) is 2.83. The third-order valence-electron chi connectivity index (χ3n) is 4.22. The molecule has 1 N–H and O–H groups in total. The van der Waals surface area contributed by atoms with Gasteiger partial charge >= 0.3 is 6.18 Å². The van der Waals surface area contributed by atoms with Crippen LogP contribution in [0.5, 0.6) is 0 Å². The maximum absolute atomic E-state index is 13.0. The van der Waals surface area contributed by atoms with Crippen LogP contribution in [0.3, 0.4) is 0 Å². The molecule has 4 rings (SSSR count). The predicted octanol–water partition coefficient (Wildman–Crippen LogP) is 0.953. The molecule has 0 radical (unpaired) electrons. The van der Waals surface area contributed by atoms with Gasteiger partial charge in [-0.15, -0.1) is 20.4 Å². The van der Waals surface area contributed by atoms with E-state index in [-0.39, 0.29) is 22.5 Å². The van der Waals surface area contributed by atoms with Gasteiger partial charge in [-0.2, -0.15) is 17.7 Å². The Kier molecular flexibility index (Phi) is 4.75. The maximum atomic E-state index is 13.0. The van der Waals surface area contributed by atoms with Crippen molar-refractivity contribution in [2.75, 3.05) is 24.3 Å². The average molecular weight is 433 g/mol. The summed E-state index contributed by atoms with van der Waals surface area (Å²) >= 11 is 0. The molecule has 4 heterocycles. The zero-order valence-electron chi connectivity index (χ0n) is 16.1. The summed E-state index contributed by atoms with van der Waals surface area (Å²) in [6.45, 7) is -0.488. The van der Waals surface area contributed by atoms with Gasteiger partial charge in [0.25, 0.3) is 5.56 Å². The SMILES string of the molecule is CN(C)c1nn(CC(=O)Nc2ccc3nncn3n2)c(=O)c2ccc(C(F)(F)F)nc12. The van der Waals surface area contributed by atoms with E-state index in [0.29, 0.717) is 11.7 Å². The number of hydrogen-bond donors (Lipinski definition) is 1. The van der Waals surface area contributed by atoms with Crippen LogP contribution in [0.25, 0.3) is 16.6 Å². The minimum absolute atomic E-state index is 0.0116. The van der Waals surface area contributed by atoms with Crippen molar-refractivity contribution >= 4 is 34.1 Å². The molecule has 1 amide bonds. The first-order valence-corrected chi connectivity index (χ1v) is 8.77. The standard InChI is InChI=1S/C17H14F3N9O2/c1-27(2)15-14-9(3-4-10(22-14)17(18,19)20)16(31)28(26-15)7-13(30)23-11-5-6-12-24-21-8-29(12)25-11/h3-6,8H,7H2,1-2H3,(H,23,25,30). The number of pyridine rings is 1. The van der Waals surface area contributed by atoms with Gasteiger partial charge in [0.05, 0.1) is 5.39 Å². The zero-order chi connectivity index (χ0) is 22.3. The number of alkyl halides is 3. The van der Waals surface area contributed by atoms with Crippen molar-refractivity contribution in [1.82, 2.24) is 34.6 Å². The van der Waals surface area contributed by atoms with Gasteiger partial charge < -0.3 is 10.2 Å². The van der Waals surface area contributed by atoms with Crippen LogP contribution in [0, 0.1) is 0 Å². The molecule has 0 saturated heterocycles. The Labute approximate surface area is 171 Å². The number of anilines is 2. The van der Waals surface area contributed by atoms with Crippen molar-refractivity contribution in [3.63, 3.8) is 0 Å². The lowest BCUT2D eigenvalue weighted by atomic mass is 10.2. The van der Waals surface area contributed by atoms with E-state index in [4.69, 9.17) is 0 Å². The average Bonchev–Trinajstić information content (AvgIpc) is 3.16. The van der Waals surface area contributed by atoms with Crippen molar-refractivity contribution in [2.24, 2.45) is 0 Å². The molecule has 31 heavy (non-hydrogen) atoms. The summed E-state index contributed by atoms with van der Waals surface area (Å²) in [7, 11) is 3.08. The lowest BCUT2D eigenvalue weighted by Gasteiger charge is -2.16. The number of amides is 1. The number of carbonyl (C=O) groups is 1. The highest BCUT2D eigenvalue weighted by Gasteiger charge is 2.33. The molecule has 0 aromatic carbocycles. The number of carbonyl (C=O) groups excluding carboxylic acids is 1. The normalized spacial score (nSPS) is 11.8. The topological polar surface area (TPSA) is 123 Å². The molecular weight excluding hydrogens is 419 g/mol. The smallest absolute Gasteiger partial charge is 0.359 e. The van der Waals surface area contributed by atoms with Crippen LogP contribution < -0.4 is 15.8 Å². The van der Waals surface area contributed by atoms with Gasteiger partial charge in [-0.1, -0.05) is 0 Å². The van der Waals surface area contributed by atoms with Crippen LogP contribution in [0.15, 0.2) is 35.4 Å². The third-order valence-corrected chi connectivity index (χ3v) is 4.22. The minimum Gasteiger partial charge on any atom is -0.359 e. The Morgan fingerprint density at radius 1 is 1.16 bits per heavy atom. The lowest BCUT2D eigenvalue weighted by molar-refractivity contribution is -0.141. The number of halogens is 3. The fraction of sp³-hybridized carbons (Fsp3) is 0.235. The van der Waals surface area contributed by atoms with Gasteiger partial charge in [0, 0.05) is 14.1 Å². The first kappa shape index (κ1) is 20.2. The summed E-state index contributed by atoms with van der Waals surface area (Å²) in [4.78, 5) is 30.2. The highest BCUT2D eigenvalue weighted by Crippen LogP contribution is 2.30. The monoisotopic (exact) mass is 433 g/mol. The summed E-state index contributed by atoms with van der Waals surface area (Å²) in [6.07, 6.45) is -3.32. The van der Waals surface area contributed by atoms with Crippen molar-refractivity contribution < 1.29 is 18.0 Å². The van der Waals surface area contributed by atoms with E-state index in [9.17, 15) is 22.8 Å². The second-order valence-corrected chi connectivity index (χ2v) is 6.67. The molecular formula is C17H14F3N9O2. The van der Waals surface area contributed by atoms with Crippen LogP contribution in [0.1, 0.15) is 5.69 Å². The van der Waals surface area contributed by atoms with E-state index in [1.165, 1.54) is 35.9 Å². The molecule has 0 saturated carbocycles. The Morgan fingerprint density at radius 2 is 1.94 bits per heavy atom. The van der Waals surface area contributed by atoms with Crippen LogP contribution in [0.2, 0.25) is 0 Å². The molecule has 0 aliphatic rings. The largest absolute Gasteiger partial charge is 0.433 e. The van der Waals surface area contributed by atoms with Gasteiger partial charge in [0.15, 0.2) is 17.3 Å². The van der Waals surface area contributed by atoms with E-state index in [1.807, 2.05) is 0 Å². The molecule has 4 aromatic rings. The molecule has 0 spiro atoms. The van der Waals surface area contributed by atoms with Gasteiger partial charge in [-0.25, -0.2) is 9.67 Å². The predicted molar refractivity (Wildman–Crippen MR) is 103 cm³/mol. The van der Waals surface area contributed by atoms with Crippen LogP contribution in [-0.2, 0) is 17.5 Å². The second-order valence-electron chi connectivity index (χ2n) is 6.67. The first-order valence-electron chi connectivity index (χ1n) is 8.77. The molecule has 0 aliphatic heterocycles. The number of fused-ring (bicyclic) bond motifs is 2. The highest BCUT2D eigenvalue weighted by atomic mass is 19.4. The number of nitrogens with one attached hydrogen (secondary N) is 1. The number of hydrogen-bond acceptors (Lipinski definition) is 8. The second kappa shape index (κ2) is 7.30. The van der Waals surface area contributed by atoms with Crippen LogP contribution >= 0.6 is 0 Å². The van der Waals surface area contributed by atoms with E-state index in [2.05, 4.69) is 30.7 Å². The Hall–Kier alpha value is -4.10. The molecule has 11 nitrogen and oxygen atoms in total. The van der Waals surface area contributed by atoms with Gasteiger partial charge in [-0.05, 0) is 24.3 Å². The van der Waals surface area contributed by atoms with Crippen molar-refractivity contribution in [2.45, 2.75) is 12.7 Å². The van der Waals surface area contributed by atoms with Crippen molar-refractivity contribution in [3.8, 4) is 0 Å². The van der Waals surface area contributed by atoms with Crippen molar-refractivity contribution in [1.29, 1.82) is 0 Å². The van der Waals surface area contributed by atoms with E-state index >= 15 is 0 Å². The molecule has 0 fully saturated rings.